The summed E-state index contributed by atoms with van der Waals surface area (Å²) < 4.78 is 15.5. The Hall–Kier alpha value is -2.57. The Morgan fingerprint density at radius 2 is 1.95 bits per heavy atom. The summed E-state index contributed by atoms with van der Waals surface area (Å²) in [5, 5.41) is 4.98. The lowest BCUT2D eigenvalue weighted by Gasteiger charge is -2.33. The summed E-state index contributed by atoms with van der Waals surface area (Å²) in [7, 11) is 0. The standard InChI is InChI=1S/C15H15FN6/c16-11-1-2-14-13(7-11)15(19-9-18-14)21-5-3-12(4-6-21)22-10-17-8-20-22/h1-2,7-10,12H,3-6H2. The average molecular weight is 298 g/mol. The van der Waals surface area contributed by atoms with Crippen LogP contribution in [0.15, 0.2) is 37.2 Å². The normalized spacial score (nSPS) is 16.3. The number of halogens is 1. The molecule has 1 aromatic carbocycles. The largest absolute Gasteiger partial charge is 0.356 e. The van der Waals surface area contributed by atoms with Crippen molar-refractivity contribution < 1.29 is 4.39 Å². The van der Waals surface area contributed by atoms with Crippen LogP contribution < -0.4 is 4.90 Å². The first-order valence-corrected chi connectivity index (χ1v) is 7.30. The van der Waals surface area contributed by atoms with Crippen LogP contribution in [0.3, 0.4) is 0 Å². The van der Waals surface area contributed by atoms with Gasteiger partial charge < -0.3 is 4.90 Å². The molecule has 0 amide bonds. The van der Waals surface area contributed by atoms with Gasteiger partial charge in [-0.05, 0) is 31.0 Å². The van der Waals surface area contributed by atoms with Crippen LogP contribution in [-0.4, -0.2) is 37.8 Å². The monoisotopic (exact) mass is 298 g/mol. The van der Waals surface area contributed by atoms with Crippen molar-refractivity contribution in [2.75, 3.05) is 18.0 Å². The van der Waals surface area contributed by atoms with E-state index in [1.807, 2.05) is 4.68 Å². The maximum Gasteiger partial charge on any atom is 0.139 e. The van der Waals surface area contributed by atoms with E-state index < -0.39 is 0 Å². The number of hydrogen-bond donors (Lipinski definition) is 0. The van der Waals surface area contributed by atoms with Crippen molar-refractivity contribution in [1.82, 2.24) is 24.7 Å². The van der Waals surface area contributed by atoms with Gasteiger partial charge in [-0.2, -0.15) is 5.10 Å². The first-order valence-electron chi connectivity index (χ1n) is 7.30. The zero-order chi connectivity index (χ0) is 14.9. The molecule has 0 saturated carbocycles. The van der Waals surface area contributed by atoms with Crippen LogP contribution >= 0.6 is 0 Å². The first kappa shape index (κ1) is 13.1. The van der Waals surface area contributed by atoms with Crippen molar-refractivity contribution >= 4 is 16.7 Å². The third-order valence-electron chi connectivity index (χ3n) is 4.15. The van der Waals surface area contributed by atoms with Gasteiger partial charge in [0.2, 0.25) is 0 Å². The molecule has 1 fully saturated rings. The molecule has 1 saturated heterocycles. The smallest absolute Gasteiger partial charge is 0.139 e. The Morgan fingerprint density at radius 1 is 1.09 bits per heavy atom. The third kappa shape index (κ3) is 2.28. The lowest BCUT2D eigenvalue weighted by molar-refractivity contribution is 0.365. The molecule has 0 unspecified atom stereocenters. The second-order valence-corrected chi connectivity index (χ2v) is 5.45. The molecule has 0 N–H and O–H groups in total. The van der Waals surface area contributed by atoms with Crippen molar-refractivity contribution in [2.24, 2.45) is 0 Å². The molecule has 0 radical (unpaired) electrons. The fourth-order valence-electron chi connectivity index (χ4n) is 3.02. The van der Waals surface area contributed by atoms with Gasteiger partial charge in [0, 0.05) is 18.5 Å². The highest BCUT2D eigenvalue weighted by molar-refractivity contribution is 5.89. The predicted molar refractivity (Wildman–Crippen MR) is 80.0 cm³/mol. The summed E-state index contributed by atoms with van der Waals surface area (Å²) in [6.07, 6.45) is 6.79. The molecule has 6 nitrogen and oxygen atoms in total. The SMILES string of the molecule is Fc1ccc2ncnc(N3CCC(n4cncn4)CC3)c2c1. The quantitative estimate of drug-likeness (QED) is 0.726. The van der Waals surface area contributed by atoms with E-state index >= 15 is 0 Å². The van der Waals surface area contributed by atoms with Gasteiger partial charge in [0.15, 0.2) is 0 Å². The van der Waals surface area contributed by atoms with Crippen LogP contribution in [0.5, 0.6) is 0 Å². The van der Waals surface area contributed by atoms with Gasteiger partial charge in [0.25, 0.3) is 0 Å². The van der Waals surface area contributed by atoms with E-state index in [1.54, 1.807) is 25.0 Å². The molecule has 0 bridgehead atoms. The second kappa shape index (κ2) is 5.32. The molecule has 0 aliphatic carbocycles. The second-order valence-electron chi connectivity index (χ2n) is 5.45. The number of rotatable bonds is 2. The summed E-state index contributed by atoms with van der Waals surface area (Å²) in [6.45, 7) is 1.71. The van der Waals surface area contributed by atoms with Crippen LogP contribution in [0.1, 0.15) is 18.9 Å². The van der Waals surface area contributed by atoms with E-state index in [4.69, 9.17) is 0 Å². The topological polar surface area (TPSA) is 59.7 Å². The van der Waals surface area contributed by atoms with Gasteiger partial charge in [-0.3, -0.25) is 0 Å². The maximum absolute atomic E-state index is 13.5. The van der Waals surface area contributed by atoms with Crippen LogP contribution in [0, 0.1) is 5.82 Å². The Labute approximate surface area is 126 Å². The molecule has 1 aliphatic heterocycles. The van der Waals surface area contributed by atoms with E-state index in [0.29, 0.717) is 6.04 Å². The zero-order valence-electron chi connectivity index (χ0n) is 11.9. The molecular formula is C15H15FN6. The minimum atomic E-state index is -0.263. The van der Waals surface area contributed by atoms with Gasteiger partial charge in [0.1, 0.15) is 30.6 Å². The van der Waals surface area contributed by atoms with Gasteiger partial charge in [-0.1, -0.05) is 0 Å². The Balaban J connectivity index is 1.60. The minimum absolute atomic E-state index is 0.263. The number of hydrogen-bond acceptors (Lipinski definition) is 5. The van der Waals surface area contributed by atoms with Gasteiger partial charge in [-0.25, -0.2) is 24.0 Å². The van der Waals surface area contributed by atoms with Crippen molar-refractivity contribution in [3.05, 3.63) is 43.0 Å². The van der Waals surface area contributed by atoms with Crippen LogP contribution in [-0.2, 0) is 0 Å². The molecule has 1 aliphatic rings. The van der Waals surface area contributed by atoms with Gasteiger partial charge >= 0.3 is 0 Å². The van der Waals surface area contributed by atoms with E-state index in [0.717, 1.165) is 42.7 Å². The van der Waals surface area contributed by atoms with Crippen LogP contribution in [0.4, 0.5) is 10.2 Å². The Kier molecular flexibility index (Phi) is 3.17. The molecule has 3 heterocycles. The maximum atomic E-state index is 13.5. The minimum Gasteiger partial charge on any atom is -0.356 e. The lowest BCUT2D eigenvalue weighted by atomic mass is 10.0. The van der Waals surface area contributed by atoms with Crippen molar-refractivity contribution in [1.29, 1.82) is 0 Å². The van der Waals surface area contributed by atoms with Crippen molar-refractivity contribution in [3.63, 3.8) is 0 Å². The zero-order valence-corrected chi connectivity index (χ0v) is 11.9. The number of piperidine rings is 1. The molecule has 7 heteroatoms. The fourth-order valence-corrected chi connectivity index (χ4v) is 3.02. The lowest BCUT2D eigenvalue weighted by Crippen LogP contribution is -2.35. The molecule has 0 spiro atoms. The summed E-state index contributed by atoms with van der Waals surface area (Å²) in [5.41, 5.74) is 0.768. The molecule has 0 atom stereocenters. The number of aromatic nitrogens is 5. The van der Waals surface area contributed by atoms with E-state index in [-0.39, 0.29) is 5.82 Å². The summed E-state index contributed by atoms with van der Waals surface area (Å²) in [6, 6.07) is 4.99. The van der Waals surface area contributed by atoms with Crippen LogP contribution in [0.2, 0.25) is 0 Å². The fraction of sp³-hybridized carbons (Fsp3) is 0.333. The van der Waals surface area contributed by atoms with Gasteiger partial charge in [0.05, 0.1) is 11.6 Å². The molecule has 112 valence electrons. The summed E-state index contributed by atoms with van der Waals surface area (Å²) >= 11 is 0. The highest BCUT2D eigenvalue weighted by Gasteiger charge is 2.23. The number of nitrogens with zero attached hydrogens (tertiary/aromatic N) is 6. The van der Waals surface area contributed by atoms with E-state index in [2.05, 4.69) is 25.0 Å². The molecule has 2 aromatic heterocycles. The Morgan fingerprint density at radius 3 is 2.73 bits per heavy atom. The first-order chi connectivity index (χ1) is 10.8. The van der Waals surface area contributed by atoms with E-state index in [1.165, 1.54) is 12.1 Å². The predicted octanol–water partition coefficient (Wildman–Crippen LogP) is 2.20. The van der Waals surface area contributed by atoms with Crippen LogP contribution in [0.25, 0.3) is 10.9 Å². The summed E-state index contributed by atoms with van der Waals surface area (Å²) in [4.78, 5) is 14.8. The molecule has 22 heavy (non-hydrogen) atoms. The van der Waals surface area contributed by atoms with E-state index in [9.17, 15) is 4.39 Å². The summed E-state index contributed by atoms with van der Waals surface area (Å²) in [5.74, 6) is 0.544. The number of anilines is 1. The average Bonchev–Trinajstić information content (AvgIpc) is 3.09. The third-order valence-corrected chi connectivity index (χ3v) is 4.15. The highest BCUT2D eigenvalue weighted by atomic mass is 19.1. The van der Waals surface area contributed by atoms with Crippen molar-refractivity contribution in [3.8, 4) is 0 Å². The molecule has 4 rings (SSSR count). The Bertz CT molecular complexity index is 780. The van der Waals surface area contributed by atoms with Crippen molar-refractivity contribution in [2.45, 2.75) is 18.9 Å². The number of benzene rings is 1. The molecular weight excluding hydrogens is 283 g/mol. The molecule has 3 aromatic rings. The number of fused-ring (bicyclic) bond motifs is 1. The highest BCUT2D eigenvalue weighted by Crippen LogP contribution is 2.29. The van der Waals surface area contributed by atoms with Gasteiger partial charge in [-0.15, -0.1) is 0 Å².